The molecule has 0 unspecified atom stereocenters. The third kappa shape index (κ3) is 4.26. The number of thiazole rings is 1. The van der Waals surface area contributed by atoms with Crippen molar-refractivity contribution in [1.29, 1.82) is 0 Å². The monoisotopic (exact) mass is 462 g/mol. The molecule has 0 spiro atoms. The van der Waals surface area contributed by atoms with Crippen LogP contribution in [0.5, 0.6) is 0 Å². The molecule has 0 aliphatic carbocycles. The third-order valence-electron chi connectivity index (χ3n) is 5.93. The van der Waals surface area contributed by atoms with Crippen molar-refractivity contribution < 1.29 is 13.2 Å². The van der Waals surface area contributed by atoms with Gasteiger partial charge in [-0.1, -0.05) is 0 Å². The molecule has 0 bridgehead atoms. The smallest absolute Gasteiger partial charge is 0.355 e. The molecule has 31 heavy (non-hydrogen) atoms. The van der Waals surface area contributed by atoms with Gasteiger partial charge in [0.25, 0.3) is 0 Å². The Morgan fingerprint density at radius 2 is 2.06 bits per heavy atom. The number of pyridine rings is 1. The molecule has 1 aromatic carbocycles. The summed E-state index contributed by atoms with van der Waals surface area (Å²) in [5.74, 6) is 0.0782. The van der Waals surface area contributed by atoms with Gasteiger partial charge in [0.1, 0.15) is 4.83 Å². The van der Waals surface area contributed by atoms with Crippen LogP contribution in [0.4, 0.5) is 24.5 Å². The Bertz CT molecular complexity index is 1220. The molecule has 1 saturated heterocycles. The van der Waals surface area contributed by atoms with Crippen molar-refractivity contribution >= 4 is 54.5 Å². The molecule has 0 amide bonds. The van der Waals surface area contributed by atoms with E-state index in [1.807, 2.05) is 36.7 Å². The summed E-state index contributed by atoms with van der Waals surface area (Å²) in [6.45, 7) is 1.56. The Morgan fingerprint density at radius 1 is 1.19 bits per heavy atom. The lowest BCUT2D eigenvalue weighted by Gasteiger charge is -2.39. The van der Waals surface area contributed by atoms with Crippen molar-refractivity contribution in [2.24, 2.45) is 0 Å². The molecular formula is C22H21F3N4S2. The van der Waals surface area contributed by atoms with Gasteiger partial charge < -0.3 is 5.32 Å². The van der Waals surface area contributed by atoms with E-state index in [1.165, 1.54) is 0 Å². The minimum Gasteiger partial charge on any atom is -0.355 e. The van der Waals surface area contributed by atoms with E-state index in [0.717, 1.165) is 49.5 Å². The fourth-order valence-corrected chi connectivity index (χ4v) is 6.31. The van der Waals surface area contributed by atoms with Crippen LogP contribution in [0.1, 0.15) is 30.6 Å². The standard InChI is InChI=1S/C22H21F3N4S2/c1-13-15(3-2-8-29(13)11-22(23,24)25)20-10-16-17(6-7-26-21(16)31-20)28-14-4-5-19-18(9-14)27-12-30-19/h4-7,9-10,12-13,15H,2-3,8,11H2,1H3,(H,26,28)/t13-,15+/m0/s1. The Labute approximate surface area is 185 Å². The summed E-state index contributed by atoms with van der Waals surface area (Å²) in [7, 11) is 0. The van der Waals surface area contributed by atoms with E-state index >= 15 is 0 Å². The van der Waals surface area contributed by atoms with Gasteiger partial charge in [-0.15, -0.1) is 22.7 Å². The number of halogens is 3. The number of piperidine rings is 1. The number of alkyl halides is 3. The first-order chi connectivity index (χ1) is 14.9. The van der Waals surface area contributed by atoms with Crippen molar-refractivity contribution in [2.45, 2.75) is 37.9 Å². The van der Waals surface area contributed by atoms with Gasteiger partial charge in [-0.2, -0.15) is 13.2 Å². The van der Waals surface area contributed by atoms with Gasteiger partial charge in [0.2, 0.25) is 0 Å². The number of nitrogens with zero attached hydrogens (tertiary/aromatic N) is 3. The average Bonchev–Trinajstić information content (AvgIpc) is 3.35. The number of rotatable bonds is 4. The number of likely N-dealkylation sites (tertiary alicyclic amines) is 1. The molecule has 1 aliphatic heterocycles. The van der Waals surface area contributed by atoms with Gasteiger partial charge in [0.15, 0.2) is 0 Å². The highest BCUT2D eigenvalue weighted by molar-refractivity contribution is 7.18. The SMILES string of the molecule is C[C@H]1[C@H](c2cc3c(Nc4ccc5scnc5c4)ccnc3s2)CCCN1CC(F)(F)F. The number of thiophene rings is 1. The molecule has 1 fully saturated rings. The maximum atomic E-state index is 13.0. The van der Waals surface area contributed by atoms with Crippen molar-refractivity contribution in [3.05, 3.63) is 46.9 Å². The second-order valence-corrected chi connectivity index (χ2v) is 9.91. The first kappa shape index (κ1) is 20.7. The van der Waals surface area contributed by atoms with Gasteiger partial charge in [-0.05, 0) is 56.6 Å². The average molecular weight is 463 g/mol. The molecular weight excluding hydrogens is 441 g/mol. The van der Waals surface area contributed by atoms with Gasteiger partial charge in [-0.3, -0.25) is 4.90 Å². The first-order valence-electron chi connectivity index (χ1n) is 10.2. The van der Waals surface area contributed by atoms with Crippen LogP contribution in [0.3, 0.4) is 0 Å². The van der Waals surface area contributed by atoms with Crippen LogP contribution in [0, 0.1) is 0 Å². The van der Waals surface area contributed by atoms with Crippen molar-refractivity contribution in [3.8, 4) is 0 Å². The van der Waals surface area contributed by atoms with Gasteiger partial charge >= 0.3 is 6.18 Å². The molecule has 5 rings (SSSR count). The van der Waals surface area contributed by atoms with Gasteiger partial charge in [0, 0.05) is 34.1 Å². The maximum absolute atomic E-state index is 13.0. The lowest BCUT2D eigenvalue weighted by molar-refractivity contribution is -0.153. The quantitative estimate of drug-likeness (QED) is 0.363. The molecule has 4 heterocycles. The fraction of sp³-hybridized carbons (Fsp3) is 0.364. The number of benzene rings is 1. The number of hydrogen-bond acceptors (Lipinski definition) is 6. The number of fused-ring (bicyclic) bond motifs is 2. The normalized spacial score (nSPS) is 20.5. The summed E-state index contributed by atoms with van der Waals surface area (Å²) in [5.41, 5.74) is 4.67. The lowest BCUT2D eigenvalue weighted by atomic mass is 9.88. The minimum absolute atomic E-state index is 0.0782. The van der Waals surface area contributed by atoms with E-state index in [-0.39, 0.29) is 12.0 Å². The van der Waals surface area contributed by atoms with Crippen LogP contribution in [0.2, 0.25) is 0 Å². The molecule has 162 valence electrons. The van der Waals surface area contributed by atoms with Crippen LogP contribution in [0.25, 0.3) is 20.4 Å². The van der Waals surface area contributed by atoms with Crippen molar-refractivity contribution in [3.63, 3.8) is 0 Å². The predicted molar refractivity (Wildman–Crippen MR) is 122 cm³/mol. The van der Waals surface area contributed by atoms with E-state index in [9.17, 15) is 13.2 Å². The van der Waals surface area contributed by atoms with Crippen LogP contribution in [-0.4, -0.2) is 40.2 Å². The summed E-state index contributed by atoms with van der Waals surface area (Å²) in [5, 5.41) is 4.47. The molecule has 1 N–H and O–H groups in total. The van der Waals surface area contributed by atoms with Crippen LogP contribution < -0.4 is 5.32 Å². The lowest BCUT2D eigenvalue weighted by Crippen LogP contribution is -2.46. The van der Waals surface area contributed by atoms with Crippen LogP contribution >= 0.6 is 22.7 Å². The Hall–Kier alpha value is -2.23. The number of anilines is 2. The molecule has 1 aliphatic rings. The number of nitrogens with one attached hydrogen (secondary N) is 1. The summed E-state index contributed by atoms with van der Waals surface area (Å²) in [6.07, 6.45) is -0.739. The van der Waals surface area contributed by atoms with E-state index < -0.39 is 12.7 Å². The largest absolute Gasteiger partial charge is 0.401 e. The van der Waals surface area contributed by atoms with Crippen molar-refractivity contribution in [2.75, 3.05) is 18.4 Å². The summed E-state index contributed by atoms with van der Waals surface area (Å²) in [4.78, 5) is 12.5. The van der Waals surface area contributed by atoms with Crippen molar-refractivity contribution in [1.82, 2.24) is 14.9 Å². The minimum atomic E-state index is -4.17. The highest BCUT2D eigenvalue weighted by atomic mass is 32.1. The second-order valence-electron chi connectivity index (χ2n) is 7.96. The van der Waals surface area contributed by atoms with E-state index in [4.69, 9.17) is 0 Å². The molecule has 4 aromatic rings. The zero-order valence-electron chi connectivity index (χ0n) is 16.8. The molecule has 0 saturated carbocycles. The highest BCUT2D eigenvalue weighted by Crippen LogP contribution is 2.41. The number of hydrogen-bond donors (Lipinski definition) is 1. The summed E-state index contributed by atoms with van der Waals surface area (Å²) >= 11 is 3.19. The second kappa shape index (κ2) is 8.03. The van der Waals surface area contributed by atoms with Gasteiger partial charge in [0.05, 0.1) is 28.0 Å². The van der Waals surface area contributed by atoms with E-state index in [1.54, 1.807) is 33.8 Å². The van der Waals surface area contributed by atoms with Gasteiger partial charge in [-0.25, -0.2) is 9.97 Å². The Balaban J connectivity index is 1.43. The summed E-state index contributed by atoms with van der Waals surface area (Å²) in [6, 6.07) is 9.97. The molecule has 9 heteroatoms. The van der Waals surface area contributed by atoms with Crippen LogP contribution in [-0.2, 0) is 0 Å². The molecule has 4 nitrogen and oxygen atoms in total. The molecule has 3 aromatic heterocycles. The first-order valence-corrected chi connectivity index (χ1v) is 11.9. The summed E-state index contributed by atoms with van der Waals surface area (Å²) < 4.78 is 40.1. The maximum Gasteiger partial charge on any atom is 0.401 e. The molecule has 2 atom stereocenters. The fourth-order valence-electron chi connectivity index (χ4n) is 4.39. The third-order valence-corrected chi connectivity index (χ3v) is 7.92. The predicted octanol–water partition coefficient (Wildman–Crippen LogP) is 6.78. The number of aromatic nitrogens is 2. The van der Waals surface area contributed by atoms with E-state index in [2.05, 4.69) is 21.4 Å². The van der Waals surface area contributed by atoms with Crippen LogP contribution in [0.15, 0.2) is 42.0 Å². The zero-order chi connectivity index (χ0) is 21.6. The zero-order valence-corrected chi connectivity index (χ0v) is 18.4. The molecule has 0 radical (unpaired) electrons. The topological polar surface area (TPSA) is 41.1 Å². The Morgan fingerprint density at radius 3 is 2.90 bits per heavy atom. The highest BCUT2D eigenvalue weighted by Gasteiger charge is 2.37. The van der Waals surface area contributed by atoms with E-state index in [0.29, 0.717) is 6.54 Å². The Kier molecular flexibility index (Phi) is 5.35.